The van der Waals surface area contributed by atoms with Crippen molar-refractivity contribution in [1.82, 2.24) is 0 Å². The smallest absolute Gasteiger partial charge is 0.317 e. The first-order chi connectivity index (χ1) is 16.5. The molecule has 0 aromatic heterocycles. The average Bonchev–Trinajstić information content (AvgIpc) is 3.52. The first-order valence-electron chi connectivity index (χ1n) is 11.3. The van der Waals surface area contributed by atoms with Crippen LogP contribution in [0, 0.1) is 0 Å². The molecule has 9 heteroatoms. The lowest BCUT2D eigenvalue weighted by Crippen LogP contribution is -2.36. The van der Waals surface area contributed by atoms with Crippen LogP contribution in [0.4, 0.5) is 5.69 Å². The minimum absolute atomic E-state index is 0.0453. The van der Waals surface area contributed by atoms with E-state index >= 15 is 0 Å². The molecule has 1 N–H and O–H groups in total. The molecule has 34 heavy (non-hydrogen) atoms. The van der Waals surface area contributed by atoms with E-state index in [2.05, 4.69) is 5.32 Å². The van der Waals surface area contributed by atoms with Gasteiger partial charge in [-0.25, -0.2) is 0 Å². The maximum absolute atomic E-state index is 13.3. The Kier molecular flexibility index (Phi) is 5.77. The van der Waals surface area contributed by atoms with Crippen LogP contribution < -0.4 is 24.3 Å². The zero-order chi connectivity index (χ0) is 23.7. The zero-order valence-electron chi connectivity index (χ0n) is 18.8. The molecular formula is C25H25NO8. The summed E-state index contributed by atoms with van der Waals surface area (Å²) in [5.41, 5.74) is 0.529. The first-order valence-corrected chi connectivity index (χ1v) is 11.3. The average molecular weight is 467 g/mol. The molecule has 3 aliphatic rings. The summed E-state index contributed by atoms with van der Waals surface area (Å²) in [5.74, 6) is 0.896. The van der Waals surface area contributed by atoms with Gasteiger partial charge in [-0.3, -0.25) is 14.4 Å². The predicted molar refractivity (Wildman–Crippen MR) is 120 cm³/mol. The summed E-state index contributed by atoms with van der Waals surface area (Å²) in [5, 5.41) is 2.65. The molecule has 0 radical (unpaired) electrons. The molecule has 1 fully saturated rings. The van der Waals surface area contributed by atoms with Crippen molar-refractivity contribution in [3.05, 3.63) is 41.5 Å². The summed E-state index contributed by atoms with van der Waals surface area (Å²) < 4.78 is 27.4. The van der Waals surface area contributed by atoms with Crippen molar-refractivity contribution in [2.24, 2.45) is 0 Å². The molecule has 5 rings (SSSR count). The summed E-state index contributed by atoms with van der Waals surface area (Å²) in [6.07, 6.45) is 3.03. The lowest BCUT2D eigenvalue weighted by atomic mass is 9.78. The van der Waals surface area contributed by atoms with Crippen LogP contribution in [0.1, 0.15) is 48.5 Å². The Balaban J connectivity index is 1.30. The number of amides is 1. The van der Waals surface area contributed by atoms with Gasteiger partial charge in [-0.15, -0.1) is 0 Å². The second-order valence-electron chi connectivity index (χ2n) is 8.58. The number of carbonyl (C=O) groups excluding carboxylic acids is 3. The summed E-state index contributed by atoms with van der Waals surface area (Å²) >= 11 is 0. The Bertz CT molecular complexity index is 1150. The Morgan fingerprint density at radius 1 is 0.912 bits per heavy atom. The Morgan fingerprint density at radius 2 is 1.59 bits per heavy atom. The van der Waals surface area contributed by atoms with E-state index in [1.807, 2.05) is 18.2 Å². The summed E-state index contributed by atoms with van der Waals surface area (Å²) in [6.45, 7) is 1.91. The lowest BCUT2D eigenvalue weighted by molar-refractivity contribution is -0.153. The van der Waals surface area contributed by atoms with Crippen LogP contribution in [0.15, 0.2) is 30.3 Å². The highest BCUT2D eigenvalue weighted by Crippen LogP contribution is 2.45. The van der Waals surface area contributed by atoms with Crippen molar-refractivity contribution in [2.75, 3.05) is 31.9 Å². The van der Waals surface area contributed by atoms with Crippen LogP contribution in [-0.4, -0.2) is 44.3 Å². The molecule has 2 aromatic carbocycles. The van der Waals surface area contributed by atoms with E-state index in [1.54, 1.807) is 0 Å². The highest BCUT2D eigenvalue weighted by atomic mass is 16.7. The molecule has 0 saturated heterocycles. The molecule has 2 aliphatic heterocycles. The number of hydrogen-bond acceptors (Lipinski definition) is 8. The number of carbonyl (C=O) groups is 3. The Labute approximate surface area is 196 Å². The van der Waals surface area contributed by atoms with Gasteiger partial charge in [0.05, 0.1) is 11.1 Å². The molecule has 1 saturated carbocycles. The van der Waals surface area contributed by atoms with Gasteiger partial charge in [0.15, 0.2) is 35.4 Å². The van der Waals surface area contributed by atoms with Gasteiger partial charge in [-0.1, -0.05) is 18.9 Å². The van der Waals surface area contributed by atoms with Gasteiger partial charge >= 0.3 is 5.97 Å². The molecule has 2 heterocycles. The van der Waals surface area contributed by atoms with Gasteiger partial charge in [-0.05, 0) is 43.5 Å². The zero-order valence-corrected chi connectivity index (χ0v) is 18.8. The van der Waals surface area contributed by atoms with E-state index in [0.29, 0.717) is 49.1 Å². The number of hydrogen-bond donors (Lipinski definition) is 1. The monoisotopic (exact) mass is 467 g/mol. The number of esters is 1. The highest BCUT2D eigenvalue weighted by Gasteiger charge is 2.45. The number of ether oxygens (including phenoxy) is 5. The van der Waals surface area contributed by atoms with Crippen LogP contribution >= 0.6 is 0 Å². The van der Waals surface area contributed by atoms with E-state index in [-0.39, 0.29) is 23.8 Å². The SMILES string of the molecule is CC(=O)c1cc2c(cc1NC(=O)COC(=O)C1(c3ccc4c(c3)OCCO4)CCCC1)OCO2. The van der Waals surface area contributed by atoms with Gasteiger partial charge in [0.25, 0.3) is 5.91 Å². The maximum atomic E-state index is 13.3. The van der Waals surface area contributed by atoms with E-state index in [1.165, 1.54) is 19.1 Å². The number of nitrogens with one attached hydrogen (secondary N) is 1. The van der Waals surface area contributed by atoms with Crippen molar-refractivity contribution in [3.8, 4) is 23.0 Å². The number of anilines is 1. The van der Waals surface area contributed by atoms with Crippen LogP contribution in [0.3, 0.4) is 0 Å². The van der Waals surface area contributed by atoms with Crippen molar-refractivity contribution < 1.29 is 38.1 Å². The lowest BCUT2D eigenvalue weighted by Gasteiger charge is -2.28. The minimum atomic E-state index is -0.834. The van der Waals surface area contributed by atoms with Gasteiger partial charge in [0, 0.05) is 11.6 Å². The number of fused-ring (bicyclic) bond motifs is 2. The third-order valence-electron chi connectivity index (χ3n) is 6.44. The third-order valence-corrected chi connectivity index (χ3v) is 6.44. The van der Waals surface area contributed by atoms with Crippen molar-refractivity contribution in [2.45, 2.75) is 38.0 Å². The molecule has 9 nitrogen and oxygen atoms in total. The normalized spacial score (nSPS) is 17.2. The molecule has 178 valence electrons. The molecule has 0 spiro atoms. The number of Topliss-reactive ketones (excluding diaryl/α,β-unsaturated/α-hetero) is 1. The number of rotatable bonds is 6. The highest BCUT2D eigenvalue weighted by molar-refractivity contribution is 6.05. The van der Waals surface area contributed by atoms with Crippen LogP contribution in [0.5, 0.6) is 23.0 Å². The van der Waals surface area contributed by atoms with Gasteiger partial charge in [0.1, 0.15) is 13.2 Å². The molecule has 0 atom stereocenters. The fourth-order valence-corrected chi connectivity index (χ4v) is 4.72. The summed E-state index contributed by atoms with van der Waals surface area (Å²) in [6, 6.07) is 8.58. The fraction of sp³-hybridized carbons (Fsp3) is 0.400. The molecule has 0 bridgehead atoms. The summed E-state index contributed by atoms with van der Waals surface area (Å²) in [4.78, 5) is 37.9. The van der Waals surface area contributed by atoms with Crippen molar-refractivity contribution in [3.63, 3.8) is 0 Å². The first kappa shape index (κ1) is 22.1. The molecule has 0 unspecified atom stereocenters. The van der Waals surface area contributed by atoms with Crippen molar-refractivity contribution in [1.29, 1.82) is 0 Å². The molecule has 1 amide bonds. The van der Waals surface area contributed by atoms with E-state index in [4.69, 9.17) is 23.7 Å². The standard InChI is InChI=1S/C25H25NO8/c1-15(27)17-11-21-22(34-14-33-21)12-18(17)26-23(28)13-32-24(29)25(6-2-3-7-25)16-4-5-19-20(10-16)31-9-8-30-19/h4-5,10-12H,2-3,6-9,13-14H2,1H3,(H,26,28). The van der Waals surface area contributed by atoms with Crippen LogP contribution in [-0.2, 0) is 19.7 Å². The van der Waals surface area contributed by atoms with Gasteiger partial charge < -0.3 is 29.0 Å². The van der Waals surface area contributed by atoms with Crippen LogP contribution in [0.25, 0.3) is 0 Å². The third kappa shape index (κ3) is 4.02. The Hall–Kier alpha value is -3.75. The van der Waals surface area contributed by atoms with Gasteiger partial charge in [0.2, 0.25) is 6.79 Å². The minimum Gasteiger partial charge on any atom is -0.486 e. The predicted octanol–water partition coefficient (Wildman–Crippen LogP) is 3.38. The molecule has 1 aliphatic carbocycles. The van der Waals surface area contributed by atoms with E-state index < -0.39 is 23.9 Å². The number of ketones is 1. The Morgan fingerprint density at radius 3 is 2.32 bits per heavy atom. The second-order valence-corrected chi connectivity index (χ2v) is 8.58. The molecule has 2 aromatic rings. The van der Waals surface area contributed by atoms with Crippen molar-refractivity contribution >= 4 is 23.3 Å². The van der Waals surface area contributed by atoms with E-state index in [0.717, 1.165) is 18.4 Å². The molecular weight excluding hydrogens is 442 g/mol. The second kappa shape index (κ2) is 8.89. The number of benzene rings is 2. The fourth-order valence-electron chi connectivity index (χ4n) is 4.72. The van der Waals surface area contributed by atoms with Gasteiger partial charge in [-0.2, -0.15) is 0 Å². The van der Waals surface area contributed by atoms with E-state index in [9.17, 15) is 14.4 Å². The summed E-state index contributed by atoms with van der Waals surface area (Å²) in [7, 11) is 0. The quantitative estimate of drug-likeness (QED) is 0.509. The van der Waals surface area contributed by atoms with Crippen LogP contribution in [0.2, 0.25) is 0 Å². The topological polar surface area (TPSA) is 109 Å². The maximum Gasteiger partial charge on any atom is 0.317 e. The largest absolute Gasteiger partial charge is 0.486 e.